The first-order valence-corrected chi connectivity index (χ1v) is 21.8. The average molecular weight is 869 g/mol. The number of carbonyl (C=O) groups is 1. The van der Waals surface area contributed by atoms with Gasteiger partial charge in [0.25, 0.3) is 0 Å². The van der Waals surface area contributed by atoms with E-state index in [0.29, 0.717) is 12.1 Å². The van der Waals surface area contributed by atoms with Crippen molar-refractivity contribution in [3.05, 3.63) is 35.9 Å². The molecule has 0 bridgehead atoms. The Morgan fingerprint density at radius 1 is 0.902 bits per heavy atom. The number of aliphatic hydroxyl groups excluding tert-OH is 3. The molecule has 16 nitrogen and oxygen atoms in total. The summed E-state index contributed by atoms with van der Waals surface area (Å²) in [5.74, 6) is -4.15. The molecule has 3 heterocycles. The summed E-state index contributed by atoms with van der Waals surface area (Å²) in [5, 5.41) is 64.0. The monoisotopic (exact) mass is 869 g/mol. The third-order valence-electron chi connectivity index (χ3n) is 13.3. The molecule has 3 aliphatic rings. The van der Waals surface area contributed by atoms with Crippen molar-refractivity contribution in [1.82, 2.24) is 4.90 Å². The molecule has 18 atom stereocenters. The van der Waals surface area contributed by atoms with Crippen LogP contribution in [0.2, 0.25) is 0 Å². The van der Waals surface area contributed by atoms with Crippen molar-refractivity contribution in [2.24, 2.45) is 28.8 Å². The lowest BCUT2D eigenvalue weighted by Gasteiger charge is -2.49. The summed E-state index contributed by atoms with van der Waals surface area (Å²) in [4.78, 5) is 22.0. The van der Waals surface area contributed by atoms with Crippen molar-refractivity contribution < 1.29 is 68.3 Å². The molecule has 3 aliphatic heterocycles. The fourth-order valence-corrected chi connectivity index (χ4v) is 9.47. The molecule has 3 saturated heterocycles. The lowest BCUT2D eigenvalue weighted by molar-refractivity contribution is -0.317. The maximum absolute atomic E-state index is 14.4. The van der Waals surface area contributed by atoms with E-state index in [-0.39, 0.29) is 44.8 Å². The first-order chi connectivity index (χ1) is 28.5. The minimum Gasteiger partial charge on any atom is -0.459 e. The molecule has 350 valence electrons. The van der Waals surface area contributed by atoms with Gasteiger partial charge in [0.15, 0.2) is 12.6 Å². The normalized spacial score (nSPS) is 44.1. The van der Waals surface area contributed by atoms with Gasteiger partial charge in [0.2, 0.25) is 6.79 Å². The summed E-state index contributed by atoms with van der Waals surface area (Å²) in [6.07, 6.45) is -9.52. The number of carbonyl (C=O) groups excluding carboxylic acids is 1. The van der Waals surface area contributed by atoms with Crippen LogP contribution in [0.15, 0.2) is 35.5 Å². The van der Waals surface area contributed by atoms with Crippen molar-refractivity contribution in [2.75, 3.05) is 28.0 Å². The molecule has 0 radical (unpaired) electrons. The molecule has 0 aliphatic carbocycles. The van der Waals surface area contributed by atoms with Crippen LogP contribution in [0.3, 0.4) is 0 Å². The maximum atomic E-state index is 14.4. The average Bonchev–Trinajstić information content (AvgIpc) is 3.20. The van der Waals surface area contributed by atoms with E-state index in [2.05, 4.69) is 5.16 Å². The van der Waals surface area contributed by atoms with Gasteiger partial charge >= 0.3 is 5.97 Å². The minimum absolute atomic E-state index is 0.0303. The van der Waals surface area contributed by atoms with Crippen LogP contribution in [0.25, 0.3) is 0 Å². The molecule has 0 spiro atoms. The van der Waals surface area contributed by atoms with Crippen LogP contribution in [0.4, 0.5) is 0 Å². The number of esters is 1. The molecule has 16 heteroatoms. The molecule has 61 heavy (non-hydrogen) atoms. The van der Waals surface area contributed by atoms with Crippen LogP contribution in [0, 0.1) is 23.7 Å². The zero-order valence-corrected chi connectivity index (χ0v) is 38.6. The Kier molecular flexibility index (Phi) is 18.1. The molecule has 0 aromatic heterocycles. The van der Waals surface area contributed by atoms with E-state index >= 15 is 0 Å². The number of likely N-dealkylation sites (N-methyl/N-ethyl adjacent to an activating group) is 1. The van der Waals surface area contributed by atoms with Crippen LogP contribution < -0.4 is 0 Å². The number of nitrogens with zero attached hydrogens (tertiary/aromatic N) is 2. The Hall–Kier alpha value is -2.32. The number of methoxy groups -OCH3 is 1. The van der Waals surface area contributed by atoms with E-state index in [4.69, 9.17) is 38.0 Å². The Balaban J connectivity index is 1.82. The Bertz CT molecular complexity index is 1550. The second kappa shape index (κ2) is 21.6. The van der Waals surface area contributed by atoms with Gasteiger partial charge < -0.3 is 68.4 Å². The van der Waals surface area contributed by atoms with Crippen molar-refractivity contribution in [2.45, 2.75) is 186 Å². The number of ether oxygens (including phenoxy) is 7. The number of hydrogen-bond acceptors (Lipinski definition) is 16. The number of rotatable bonds is 12. The van der Waals surface area contributed by atoms with E-state index in [1.807, 2.05) is 63.2 Å². The molecule has 1 aromatic rings. The highest BCUT2D eigenvalue weighted by Gasteiger charge is 2.53. The predicted molar refractivity (Wildman–Crippen MR) is 226 cm³/mol. The molecule has 0 saturated carbocycles. The number of oxime groups is 1. The molecule has 0 unspecified atom stereocenters. The van der Waals surface area contributed by atoms with Gasteiger partial charge in [-0.1, -0.05) is 63.2 Å². The number of aliphatic hydroxyl groups is 5. The van der Waals surface area contributed by atoms with Crippen LogP contribution >= 0.6 is 0 Å². The second-order valence-corrected chi connectivity index (χ2v) is 18.7. The third-order valence-corrected chi connectivity index (χ3v) is 13.3. The quantitative estimate of drug-likeness (QED) is 0.0878. The lowest BCUT2D eigenvalue weighted by atomic mass is 9.73. The zero-order chi connectivity index (χ0) is 45.6. The molecule has 5 N–H and O–H groups in total. The van der Waals surface area contributed by atoms with Crippen molar-refractivity contribution >= 4 is 11.7 Å². The van der Waals surface area contributed by atoms with E-state index in [1.165, 1.54) is 14.0 Å². The smallest absolute Gasteiger partial charge is 0.311 e. The van der Waals surface area contributed by atoms with E-state index in [1.54, 1.807) is 48.5 Å². The maximum Gasteiger partial charge on any atom is 0.311 e. The number of hydrogen-bond donors (Lipinski definition) is 5. The molecular weight excluding hydrogens is 792 g/mol. The molecular formula is C45H76N2O14. The first kappa shape index (κ1) is 51.3. The van der Waals surface area contributed by atoms with Crippen LogP contribution in [-0.2, 0) is 49.4 Å². The Labute approximate surface area is 362 Å². The SMILES string of the molecule is CC[C@H]1OC(=O)[C@H](C)[C@H](O[C@H]2C[C@@](C)(OC)[C@@H](O)[C@H](C)O2)[C@H](C)[C@@H](O[C@@H]2O[C@H](C)C[C@H](N(C)C)[C@H]2O)[C@@](C)(O)C[C@@H](C)/C(=N\OCOCc2ccccc2)[C@H](C)[C@@H](O)[C@]1(C)O. The first-order valence-electron chi connectivity index (χ1n) is 21.8. The Morgan fingerprint density at radius 3 is 2.16 bits per heavy atom. The summed E-state index contributed by atoms with van der Waals surface area (Å²) in [5.41, 5.74) is -3.56. The fraction of sp³-hybridized carbons (Fsp3) is 0.822. The summed E-state index contributed by atoms with van der Waals surface area (Å²) in [7, 11) is 5.23. The fourth-order valence-electron chi connectivity index (χ4n) is 9.47. The lowest BCUT2D eigenvalue weighted by Crippen LogP contribution is -2.61. The van der Waals surface area contributed by atoms with E-state index in [9.17, 15) is 30.3 Å². The van der Waals surface area contributed by atoms with E-state index < -0.39 is 102 Å². The van der Waals surface area contributed by atoms with Gasteiger partial charge in [-0.15, -0.1) is 0 Å². The largest absolute Gasteiger partial charge is 0.459 e. The van der Waals surface area contributed by atoms with Gasteiger partial charge in [0.1, 0.15) is 23.9 Å². The van der Waals surface area contributed by atoms with Gasteiger partial charge in [0, 0.05) is 37.3 Å². The highest BCUT2D eigenvalue weighted by Crippen LogP contribution is 2.41. The van der Waals surface area contributed by atoms with Crippen molar-refractivity contribution in [3.8, 4) is 0 Å². The zero-order valence-electron chi connectivity index (χ0n) is 38.6. The predicted octanol–water partition coefficient (Wildman–Crippen LogP) is 3.76. The van der Waals surface area contributed by atoms with Crippen LogP contribution in [-0.4, -0.2) is 154 Å². The Morgan fingerprint density at radius 2 is 1.56 bits per heavy atom. The summed E-state index contributed by atoms with van der Waals surface area (Å²) in [6, 6.07) is 9.22. The van der Waals surface area contributed by atoms with Crippen molar-refractivity contribution in [1.29, 1.82) is 0 Å². The van der Waals surface area contributed by atoms with Gasteiger partial charge in [-0.2, -0.15) is 0 Å². The minimum atomic E-state index is -1.97. The van der Waals surface area contributed by atoms with Crippen molar-refractivity contribution in [3.63, 3.8) is 0 Å². The van der Waals surface area contributed by atoms with Crippen LogP contribution in [0.1, 0.15) is 100 Å². The molecule has 1 aromatic carbocycles. The van der Waals surface area contributed by atoms with Gasteiger partial charge in [0.05, 0.1) is 60.0 Å². The molecule has 4 rings (SSSR count). The van der Waals surface area contributed by atoms with Gasteiger partial charge in [-0.05, 0) is 80.5 Å². The summed E-state index contributed by atoms with van der Waals surface area (Å²) >= 11 is 0. The summed E-state index contributed by atoms with van der Waals surface area (Å²) in [6.45, 7) is 17.1. The highest BCUT2D eigenvalue weighted by molar-refractivity contribution is 5.88. The van der Waals surface area contributed by atoms with Gasteiger partial charge in [-0.25, -0.2) is 0 Å². The topological polar surface area (TPSA) is 208 Å². The van der Waals surface area contributed by atoms with E-state index in [0.717, 1.165) is 5.56 Å². The summed E-state index contributed by atoms with van der Waals surface area (Å²) < 4.78 is 43.5. The second-order valence-electron chi connectivity index (χ2n) is 18.7. The molecule has 0 amide bonds. The highest BCUT2D eigenvalue weighted by atomic mass is 16.7. The third kappa shape index (κ3) is 12.3. The number of cyclic esters (lactones) is 1. The van der Waals surface area contributed by atoms with Gasteiger partial charge in [-0.3, -0.25) is 4.79 Å². The number of benzene rings is 1. The van der Waals surface area contributed by atoms with Crippen LogP contribution in [0.5, 0.6) is 0 Å². The molecule has 3 fully saturated rings. The standard InChI is InChI=1S/C45H76N2O14/c1-14-33-45(10,53)38(49)27(4)35(46-56-24-55-23-31-18-16-15-17-19-31)25(2)21-43(8,52)40(61-42-36(48)32(47(11)12)20-26(3)57-42)28(5)37(29(6)41(51)59-33)60-34-22-44(9,54-13)39(50)30(7)58-34/h15-19,25-30,32-34,36-40,42,48-50,52-53H,14,20-24H2,1-13H3/b46-35+/t25-,26-,27+,28+,29-,30+,32+,33-,34+,36-,37-,38-,39+,40-,42+,43+,44-,45-/m1/s1.